The minimum absolute atomic E-state index is 0. The fraction of sp³-hybridized carbons (Fsp3) is 0.524. The number of carbonyl (C=O) groups excluding carboxylic acids is 1. The Balaban J connectivity index is 0.00000231. The van der Waals surface area contributed by atoms with Crippen molar-refractivity contribution >= 4 is 57.1 Å². The monoisotopic (exact) mass is 455 g/mol. The molecule has 3 heterocycles. The van der Waals surface area contributed by atoms with E-state index in [1.807, 2.05) is 12.1 Å². The number of hydrogen-bond donors (Lipinski definition) is 2. The number of carbonyl (C=O) groups is 2. The number of aliphatic carboxylic acids is 1. The molecule has 1 amide bonds. The van der Waals surface area contributed by atoms with Gasteiger partial charge in [0.1, 0.15) is 10.9 Å². The second kappa shape index (κ2) is 7.59. The molecule has 1 aromatic rings. The summed E-state index contributed by atoms with van der Waals surface area (Å²) in [6, 6.07) is 5.12. The van der Waals surface area contributed by atoms with Crippen molar-refractivity contribution in [1.82, 2.24) is 4.90 Å². The molecule has 5 atom stereocenters. The van der Waals surface area contributed by atoms with Crippen LogP contribution < -0.4 is 4.31 Å². The summed E-state index contributed by atoms with van der Waals surface area (Å²) in [5.41, 5.74) is 2.78. The fourth-order valence-electron chi connectivity index (χ4n) is 5.80. The second-order valence-corrected chi connectivity index (χ2v) is 10.8. The van der Waals surface area contributed by atoms with Crippen LogP contribution in [0.25, 0.3) is 0 Å². The Hall–Kier alpha value is -1.39. The quantitative estimate of drug-likeness (QED) is 0.518. The molecule has 1 unspecified atom stereocenters. The number of fused-ring (bicyclic) bond motifs is 1. The Bertz CT molecular complexity index is 1110. The van der Waals surface area contributed by atoms with E-state index in [9.17, 15) is 28.2 Å². The summed E-state index contributed by atoms with van der Waals surface area (Å²) in [6.45, 7) is 3.24. The van der Waals surface area contributed by atoms with Crippen molar-refractivity contribution in [3.8, 4) is 0 Å². The van der Waals surface area contributed by atoms with Crippen molar-refractivity contribution in [2.75, 3.05) is 10.8 Å². The molecule has 10 heteroatoms. The molecular formula is C21H24N2NaO6S. The van der Waals surface area contributed by atoms with Crippen LogP contribution in [0.2, 0.25) is 0 Å². The average Bonchev–Trinajstić information content (AvgIpc) is 3.05. The van der Waals surface area contributed by atoms with Gasteiger partial charge in [0, 0.05) is 35.5 Å². The smallest absolute Gasteiger partial charge is 0.352 e. The van der Waals surface area contributed by atoms with E-state index in [0.29, 0.717) is 17.7 Å². The summed E-state index contributed by atoms with van der Waals surface area (Å²) in [5, 5.41) is 19.2. The Morgan fingerprint density at radius 2 is 2.03 bits per heavy atom. The molecule has 0 spiro atoms. The van der Waals surface area contributed by atoms with Crippen LogP contribution in [0, 0.1) is 11.8 Å². The van der Waals surface area contributed by atoms with Crippen LogP contribution in [0.3, 0.4) is 0 Å². The molecule has 0 bridgehead atoms. The van der Waals surface area contributed by atoms with Crippen LogP contribution in [0.15, 0.2) is 29.5 Å². The number of rotatable bonds is 4. The molecule has 161 valence electrons. The summed E-state index contributed by atoms with van der Waals surface area (Å²) < 4.78 is 28.1. The normalized spacial score (nSPS) is 31.0. The first-order valence-corrected chi connectivity index (χ1v) is 11.8. The Labute approximate surface area is 203 Å². The van der Waals surface area contributed by atoms with Gasteiger partial charge in [-0.05, 0) is 49.0 Å². The van der Waals surface area contributed by atoms with Gasteiger partial charge < -0.3 is 15.1 Å². The van der Waals surface area contributed by atoms with Gasteiger partial charge in [0.25, 0.3) is 0 Å². The van der Waals surface area contributed by atoms with Gasteiger partial charge in [-0.15, -0.1) is 0 Å². The van der Waals surface area contributed by atoms with Crippen molar-refractivity contribution in [2.24, 2.45) is 11.8 Å². The number of aliphatic hydroxyl groups is 1. The summed E-state index contributed by atoms with van der Waals surface area (Å²) in [6.07, 6.45) is 1.30. The van der Waals surface area contributed by atoms with Crippen LogP contribution in [-0.2, 0) is 26.0 Å². The molecular weight excluding hydrogens is 431 g/mol. The molecule has 1 saturated heterocycles. The number of sulfonamides is 1. The number of aliphatic hydroxyl groups excluding tert-OH is 1. The molecule has 8 nitrogen and oxygen atoms in total. The molecule has 1 fully saturated rings. The van der Waals surface area contributed by atoms with Crippen LogP contribution in [0.1, 0.15) is 43.1 Å². The van der Waals surface area contributed by atoms with Gasteiger partial charge >= 0.3 is 5.97 Å². The Morgan fingerprint density at radius 1 is 1.32 bits per heavy atom. The molecule has 5 rings (SSSR count). The van der Waals surface area contributed by atoms with Gasteiger partial charge in [-0.1, -0.05) is 19.1 Å². The number of nitrogens with zero attached hydrogens (tertiary/aromatic N) is 2. The number of anilines is 1. The standard InChI is InChI=1S/C21H24N2O6S.Na/c1-10-13(19(21(26)27)23-18(10)16(11(2)24)20(23)25)9-22-14-7-3-5-12-6-4-8-15(17(12)14)30(22,28)29;/h3,5,7,10-11,15-16,18,24H,4,6,8-9H2,1-2H3,(H,26,27);/t10-,11+,15?,16+,18+;/m0./s1. The number of carboxylic acids is 1. The first kappa shape index (κ1) is 22.8. The third kappa shape index (κ3) is 2.97. The average molecular weight is 455 g/mol. The molecule has 0 saturated carbocycles. The molecule has 31 heavy (non-hydrogen) atoms. The van der Waals surface area contributed by atoms with Crippen LogP contribution in [-0.4, -0.2) is 83.7 Å². The Morgan fingerprint density at radius 3 is 2.68 bits per heavy atom. The minimum Gasteiger partial charge on any atom is -0.477 e. The van der Waals surface area contributed by atoms with Crippen LogP contribution in [0.5, 0.6) is 0 Å². The minimum atomic E-state index is -3.67. The van der Waals surface area contributed by atoms with E-state index in [1.54, 1.807) is 13.0 Å². The molecule has 2 N–H and O–H groups in total. The molecule has 4 aliphatic rings. The summed E-state index contributed by atoms with van der Waals surface area (Å²) in [7, 11) is -3.67. The summed E-state index contributed by atoms with van der Waals surface area (Å²) in [4.78, 5) is 25.8. The van der Waals surface area contributed by atoms with Crippen LogP contribution in [0.4, 0.5) is 5.69 Å². The topological polar surface area (TPSA) is 115 Å². The van der Waals surface area contributed by atoms with E-state index in [-0.39, 0.29) is 47.7 Å². The predicted molar refractivity (Wildman–Crippen MR) is 114 cm³/mol. The van der Waals surface area contributed by atoms with E-state index >= 15 is 0 Å². The third-order valence-corrected chi connectivity index (χ3v) is 9.31. The largest absolute Gasteiger partial charge is 0.477 e. The van der Waals surface area contributed by atoms with Crippen molar-refractivity contribution in [3.63, 3.8) is 0 Å². The van der Waals surface area contributed by atoms with Gasteiger partial charge in [-0.3, -0.25) is 9.10 Å². The molecule has 3 aliphatic heterocycles. The number of aryl methyl sites for hydroxylation is 1. The SMILES string of the molecule is C[C@@H](O)[C@H]1C(=O)N2C(C(=O)O)=C(CN3c4cccc5c4C(CCC5)S3(=O)=O)[C@H](C)[C@H]12.[Na]. The second-order valence-electron chi connectivity index (χ2n) is 8.72. The van der Waals surface area contributed by atoms with Crippen molar-refractivity contribution in [1.29, 1.82) is 0 Å². The van der Waals surface area contributed by atoms with E-state index < -0.39 is 45.2 Å². The summed E-state index contributed by atoms with van der Waals surface area (Å²) >= 11 is 0. The van der Waals surface area contributed by atoms with Crippen molar-refractivity contribution in [2.45, 2.75) is 50.5 Å². The van der Waals surface area contributed by atoms with E-state index in [4.69, 9.17) is 0 Å². The molecule has 0 aromatic heterocycles. The van der Waals surface area contributed by atoms with Crippen molar-refractivity contribution < 1.29 is 28.2 Å². The Kier molecular flexibility index (Phi) is 5.58. The zero-order chi connectivity index (χ0) is 21.5. The number of amides is 1. The first-order chi connectivity index (χ1) is 14.2. The number of hydrogen-bond acceptors (Lipinski definition) is 5. The maximum absolute atomic E-state index is 13.4. The van der Waals surface area contributed by atoms with Gasteiger partial charge in [0.2, 0.25) is 15.9 Å². The van der Waals surface area contributed by atoms with E-state index in [2.05, 4.69) is 0 Å². The zero-order valence-corrected chi connectivity index (χ0v) is 20.6. The van der Waals surface area contributed by atoms with Gasteiger partial charge in [-0.25, -0.2) is 13.2 Å². The first-order valence-electron chi connectivity index (χ1n) is 10.3. The summed E-state index contributed by atoms with van der Waals surface area (Å²) in [5.74, 6) is -2.70. The third-order valence-electron chi connectivity index (χ3n) is 7.18. The van der Waals surface area contributed by atoms with Crippen molar-refractivity contribution in [3.05, 3.63) is 40.6 Å². The van der Waals surface area contributed by atoms with E-state index in [1.165, 1.54) is 16.1 Å². The number of β-lactam (4-membered cyclic amide) rings is 1. The molecule has 1 aromatic carbocycles. The zero-order valence-electron chi connectivity index (χ0n) is 17.8. The van der Waals surface area contributed by atoms with Gasteiger partial charge in [0.05, 0.1) is 30.3 Å². The fourth-order valence-corrected chi connectivity index (χ4v) is 7.89. The molecule has 1 aliphatic carbocycles. The maximum Gasteiger partial charge on any atom is 0.352 e. The van der Waals surface area contributed by atoms with Gasteiger partial charge in [-0.2, -0.15) is 0 Å². The molecule has 1 radical (unpaired) electrons. The van der Waals surface area contributed by atoms with Gasteiger partial charge in [0.15, 0.2) is 0 Å². The number of benzene rings is 1. The maximum atomic E-state index is 13.4. The van der Waals surface area contributed by atoms with Crippen LogP contribution >= 0.6 is 0 Å². The number of carboxylic acid groups (broad SMARTS) is 1. The van der Waals surface area contributed by atoms with E-state index in [0.717, 1.165) is 24.0 Å². The predicted octanol–water partition coefficient (Wildman–Crippen LogP) is 1.03.